The van der Waals surface area contributed by atoms with Gasteiger partial charge in [0, 0.05) is 12.6 Å². The lowest BCUT2D eigenvalue weighted by Crippen LogP contribution is -2.35. The van der Waals surface area contributed by atoms with Crippen LogP contribution >= 0.6 is 0 Å². The van der Waals surface area contributed by atoms with Crippen molar-refractivity contribution in [1.29, 1.82) is 0 Å². The molecule has 0 atom stereocenters. The van der Waals surface area contributed by atoms with Gasteiger partial charge in [0.05, 0.1) is 0 Å². The molecule has 0 unspecified atom stereocenters. The molecule has 0 saturated heterocycles. The number of nitrogens with zero attached hydrogens (tertiary/aromatic N) is 1. The maximum absolute atomic E-state index is 4.48. The van der Waals surface area contributed by atoms with E-state index in [1.807, 2.05) is 25.2 Å². The van der Waals surface area contributed by atoms with Crippen LogP contribution in [0.1, 0.15) is 41.0 Å². The summed E-state index contributed by atoms with van der Waals surface area (Å²) in [7, 11) is 1.88. The van der Waals surface area contributed by atoms with Gasteiger partial charge in [0.2, 0.25) is 0 Å². The molecular weight excluding hydrogens is 210 g/mol. The molecule has 1 rings (SSSR count). The molecule has 17 heavy (non-hydrogen) atoms. The van der Waals surface area contributed by atoms with Gasteiger partial charge in [-0.3, -0.25) is 0 Å². The van der Waals surface area contributed by atoms with E-state index in [0.29, 0.717) is 5.41 Å². The third kappa shape index (κ3) is 5.07. The second-order valence-corrected chi connectivity index (χ2v) is 6.40. The Morgan fingerprint density at radius 2 is 1.65 bits per heavy atom. The maximum Gasteiger partial charge on any atom is 0.128 e. The fourth-order valence-corrected chi connectivity index (χ4v) is 2.36. The summed E-state index contributed by atoms with van der Waals surface area (Å²) in [6, 6.07) is 5.97. The first-order valence-corrected chi connectivity index (χ1v) is 6.15. The second-order valence-electron chi connectivity index (χ2n) is 6.40. The number of aromatic nitrogens is 1. The van der Waals surface area contributed by atoms with Crippen LogP contribution in [-0.2, 0) is 0 Å². The van der Waals surface area contributed by atoms with Crippen molar-refractivity contribution in [2.45, 2.75) is 46.6 Å². The molecule has 0 bridgehead atoms. The van der Waals surface area contributed by atoms with Crippen molar-refractivity contribution in [3.8, 4) is 0 Å². The molecule has 1 heterocycles. The van der Waals surface area contributed by atoms with E-state index in [0.717, 1.165) is 18.1 Å². The van der Waals surface area contributed by atoms with E-state index < -0.39 is 0 Å². The molecule has 0 fully saturated rings. The summed E-state index contributed by atoms with van der Waals surface area (Å²) in [5.74, 6) is 1.81. The Labute approximate surface area is 105 Å². The van der Waals surface area contributed by atoms with Gasteiger partial charge in [-0.1, -0.05) is 26.8 Å². The smallest absolute Gasteiger partial charge is 0.128 e. The molecule has 1 aromatic heterocycles. The van der Waals surface area contributed by atoms with Crippen LogP contribution in [0.3, 0.4) is 0 Å². The maximum atomic E-state index is 4.48. The summed E-state index contributed by atoms with van der Waals surface area (Å²) in [4.78, 5) is 4.48. The van der Waals surface area contributed by atoms with E-state index in [9.17, 15) is 0 Å². The minimum Gasteiger partial charge on any atom is -0.373 e. The average Bonchev–Trinajstić information content (AvgIpc) is 2.13. The molecular formula is C14H25N3. The number of rotatable bonds is 4. The van der Waals surface area contributed by atoms with Crippen LogP contribution in [0.2, 0.25) is 0 Å². The molecule has 0 spiro atoms. The lowest BCUT2D eigenvalue weighted by molar-refractivity contribution is 0.302. The molecule has 3 heteroatoms. The summed E-state index contributed by atoms with van der Waals surface area (Å²) >= 11 is 0. The van der Waals surface area contributed by atoms with Gasteiger partial charge in [-0.2, -0.15) is 0 Å². The molecule has 0 radical (unpaired) electrons. The van der Waals surface area contributed by atoms with Gasteiger partial charge >= 0.3 is 0 Å². The molecule has 0 aliphatic carbocycles. The van der Waals surface area contributed by atoms with Crippen LogP contribution in [0.4, 0.5) is 11.6 Å². The summed E-state index contributed by atoms with van der Waals surface area (Å²) in [5, 5.41) is 6.55. The van der Waals surface area contributed by atoms with E-state index in [-0.39, 0.29) is 5.54 Å². The number of anilines is 2. The van der Waals surface area contributed by atoms with Crippen LogP contribution in [0.5, 0.6) is 0 Å². The van der Waals surface area contributed by atoms with Gasteiger partial charge in [0.25, 0.3) is 0 Å². The van der Waals surface area contributed by atoms with Crippen LogP contribution in [0.15, 0.2) is 18.2 Å². The van der Waals surface area contributed by atoms with Gasteiger partial charge in [-0.05, 0) is 37.8 Å². The Morgan fingerprint density at radius 1 is 1.06 bits per heavy atom. The second kappa shape index (κ2) is 4.94. The predicted molar refractivity (Wildman–Crippen MR) is 75.6 cm³/mol. The van der Waals surface area contributed by atoms with Gasteiger partial charge in [-0.15, -0.1) is 0 Å². The van der Waals surface area contributed by atoms with Gasteiger partial charge in [0.15, 0.2) is 0 Å². The van der Waals surface area contributed by atoms with Crippen molar-refractivity contribution in [3.05, 3.63) is 18.2 Å². The fraction of sp³-hybridized carbons (Fsp3) is 0.643. The third-order valence-corrected chi connectivity index (χ3v) is 2.44. The van der Waals surface area contributed by atoms with Crippen molar-refractivity contribution < 1.29 is 0 Å². The van der Waals surface area contributed by atoms with Crippen LogP contribution in [0.25, 0.3) is 0 Å². The van der Waals surface area contributed by atoms with Crippen molar-refractivity contribution >= 4 is 11.6 Å². The zero-order chi connectivity index (χ0) is 13.1. The third-order valence-electron chi connectivity index (χ3n) is 2.44. The summed E-state index contributed by atoms with van der Waals surface area (Å²) in [6.07, 6.45) is 1.09. The van der Waals surface area contributed by atoms with Crippen molar-refractivity contribution in [2.24, 2.45) is 5.41 Å². The molecule has 0 aromatic carbocycles. The number of hydrogen-bond acceptors (Lipinski definition) is 3. The first kappa shape index (κ1) is 13.8. The van der Waals surface area contributed by atoms with Gasteiger partial charge in [-0.25, -0.2) is 4.98 Å². The Balaban J connectivity index is 2.75. The monoisotopic (exact) mass is 235 g/mol. The van der Waals surface area contributed by atoms with E-state index in [1.54, 1.807) is 0 Å². The van der Waals surface area contributed by atoms with Gasteiger partial charge in [0.1, 0.15) is 11.6 Å². The van der Waals surface area contributed by atoms with E-state index in [4.69, 9.17) is 0 Å². The quantitative estimate of drug-likeness (QED) is 0.834. The van der Waals surface area contributed by atoms with E-state index in [1.165, 1.54) is 0 Å². The molecule has 3 nitrogen and oxygen atoms in total. The molecule has 2 N–H and O–H groups in total. The molecule has 1 aromatic rings. The molecule has 96 valence electrons. The molecule has 0 aliphatic heterocycles. The zero-order valence-corrected chi connectivity index (χ0v) is 11.9. The Hall–Kier alpha value is -1.25. The molecule has 0 saturated carbocycles. The Bertz CT molecular complexity index is 364. The topological polar surface area (TPSA) is 37.0 Å². The summed E-state index contributed by atoms with van der Waals surface area (Å²) in [5.41, 5.74) is 0.342. The zero-order valence-electron chi connectivity index (χ0n) is 11.9. The Kier molecular flexibility index (Phi) is 4.02. The number of pyridine rings is 1. The minimum absolute atomic E-state index is 0.0393. The highest BCUT2D eigenvalue weighted by molar-refractivity contribution is 5.46. The van der Waals surface area contributed by atoms with Crippen LogP contribution in [-0.4, -0.2) is 17.6 Å². The van der Waals surface area contributed by atoms with Crippen molar-refractivity contribution in [1.82, 2.24) is 4.98 Å². The summed E-state index contributed by atoms with van der Waals surface area (Å²) < 4.78 is 0. The highest BCUT2D eigenvalue weighted by Gasteiger charge is 2.25. The molecule has 0 amide bonds. The molecule has 0 aliphatic rings. The predicted octanol–water partition coefficient (Wildman–Crippen LogP) is 3.75. The standard InChI is InChI=1S/C14H25N3/c1-13(2,3)10-14(4,5)17-12-9-7-8-11(15-6)16-12/h7-9H,10H2,1-6H3,(H2,15,16,17). The normalized spacial score (nSPS) is 12.4. The average molecular weight is 235 g/mol. The number of hydrogen-bond donors (Lipinski definition) is 2. The fourth-order valence-electron chi connectivity index (χ4n) is 2.36. The van der Waals surface area contributed by atoms with E-state index in [2.05, 4.69) is 50.2 Å². The van der Waals surface area contributed by atoms with Gasteiger partial charge < -0.3 is 10.6 Å². The van der Waals surface area contributed by atoms with Crippen LogP contribution in [0, 0.1) is 5.41 Å². The first-order chi connectivity index (χ1) is 7.72. The summed E-state index contributed by atoms with van der Waals surface area (Å²) in [6.45, 7) is 11.2. The van der Waals surface area contributed by atoms with Crippen LogP contribution < -0.4 is 10.6 Å². The highest BCUT2D eigenvalue weighted by Crippen LogP contribution is 2.29. The van der Waals surface area contributed by atoms with Crippen molar-refractivity contribution in [3.63, 3.8) is 0 Å². The SMILES string of the molecule is CNc1cccc(NC(C)(C)CC(C)(C)C)n1. The Morgan fingerprint density at radius 3 is 2.18 bits per heavy atom. The number of nitrogens with one attached hydrogen (secondary N) is 2. The lowest BCUT2D eigenvalue weighted by Gasteiger charge is -2.33. The lowest BCUT2D eigenvalue weighted by atomic mass is 9.82. The van der Waals surface area contributed by atoms with Crippen molar-refractivity contribution in [2.75, 3.05) is 17.7 Å². The minimum atomic E-state index is 0.0393. The first-order valence-electron chi connectivity index (χ1n) is 6.15. The largest absolute Gasteiger partial charge is 0.373 e. The highest BCUT2D eigenvalue weighted by atomic mass is 15.1. The van der Waals surface area contributed by atoms with E-state index >= 15 is 0 Å².